The van der Waals surface area contributed by atoms with Crippen molar-refractivity contribution in [2.45, 2.75) is 25.4 Å². The number of carbonyl (C=O) groups excluding carboxylic acids is 1. The first-order valence-electron chi connectivity index (χ1n) is 11.9. The lowest BCUT2D eigenvalue weighted by Crippen LogP contribution is -2.45. The summed E-state index contributed by atoms with van der Waals surface area (Å²) in [6.07, 6.45) is 0.738. The lowest BCUT2D eigenvalue weighted by molar-refractivity contribution is -0.137. The molecule has 0 aliphatic carbocycles. The van der Waals surface area contributed by atoms with Gasteiger partial charge in [-0.05, 0) is 53.3 Å². The minimum Gasteiger partial charge on any atom is -0.497 e. The molecule has 0 radical (unpaired) electrons. The molecule has 2 unspecified atom stereocenters. The van der Waals surface area contributed by atoms with Gasteiger partial charge in [-0.15, -0.1) is 0 Å². The molecule has 1 heterocycles. The number of methoxy groups -OCH3 is 2. The third-order valence-corrected chi connectivity index (χ3v) is 6.67. The summed E-state index contributed by atoms with van der Waals surface area (Å²) in [7, 11) is 5.15. The molecular formula is C29H33FN2O3. The number of ether oxygens (including phenoxy) is 2. The van der Waals surface area contributed by atoms with Crippen LogP contribution in [0.1, 0.15) is 29.0 Å². The average Bonchev–Trinajstić information content (AvgIpc) is 2.88. The van der Waals surface area contributed by atoms with Crippen molar-refractivity contribution >= 4 is 5.91 Å². The minimum atomic E-state index is -0.250. The fraction of sp³-hybridized carbons (Fsp3) is 0.345. The topological polar surface area (TPSA) is 42.0 Å². The van der Waals surface area contributed by atoms with Gasteiger partial charge in [0.1, 0.15) is 17.3 Å². The summed E-state index contributed by atoms with van der Waals surface area (Å²) in [5, 5.41) is 0. The van der Waals surface area contributed by atoms with Crippen LogP contribution in [0.15, 0.2) is 72.8 Å². The molecule has 1 aliphatic rings. The van der Waals surface area contributed by atoms with Gasteiger partial charge < -0.3 is 14.4 Å². The molecule has 0 saturated carbocycles. The van der Waals surface area contributed by atoms with Gasteiger partial charge in [-0.2, -0.15) is 0 Å². The van der Waals surface area contributed by atoms with Gasteiger partial charge in [0.15, 0.2) is 0 Å². The smallest absolute Gasteiger partial charge is 0.227 e. The van der Waals surface area contributed by atoms with Crippen LogP contribution in [0.2, 0.25) is 0 Å². The van der Waals surface area contributed by atoms with Crippen LogP contribution in [0.25, 0.3) is 0 Å². The standard InChI is InChI=1S/C29H33FN2O3/c1-31(17-21-7-5-4-6-8-21)29(33)25-15-24(23-9-11-26(30)12-10-23)19-32(20-25)18-22-13-27(34-2)16-28(14-22)35-3/h4-14,16,24-25H,15,17-20H2,1-3H3. The van der Waals surface area contributed by atoms with E-state index in [2.05, 4.69) is 4.90 Å². The second-order valence-electron chi connectivity index (χ2n) is 9.28. The van der Waals surface area contributed by atoms with Crippen LogP contribution in [-0.4, -0.2) is 50.1 Å². The molecule has 0 bridgehead atoms. The van der Waals surface area contributed by atoms with E-state index in [0.717, 1.165) is 41.2 Å². The van der Waals surface area contributed by atoms with Gasteiger partial charge >= 0.3 is 0 Å². The molecule has 1 fully saturated rings. The Morgan fingerprint density at radius 1 is 0.943 bits per heavy atom. The molecule has 0 N–H and O–H groups in total. The normalized spacial score (nSPS) is 18.2. The summed E-state index contributed by atoms with van der Waals surface area (Å²) in [4.78, 5) is 17.7. The van der Waals surface area contributed by atoms with E-state index in [4.69, 9.17) is 9.47 Å². The fourth-order valence-corrected chi connectivity index (χ4v) is 4.94. The minimum absolute atomic E-state index is 0.133. The monoisotopic (exact) mass is 476 g/mol. The number of rotatable bonds is 8. The molecule has 5 nitrogen and oxygen atoms in total. The first-order valence-corrected chi connectivity index (χ1v) is 11.9. The Hall–Kier alpha value is -3.38. The van der Waals surface area contributed by atoms with Crippen molar-refractivity contribution in [2.75, 3.05) is 34.4 Å². The maximum Gasteiger partial charge on any atom is 0.227 e. The van der Waals surface area contributed by atoms with Crippen LogP contribution in [0, 0.1) is 11.7 Å². The molecule has 6 heteroatoms. The molecule has 1 saturated heterocycles. The van der Waals surface area contributed by atoms with E-state index in [-0.39, 0.29) is 23.6 Å². The van der Waals surface area contributed by atoms with Crippen LogP contribution in [0.3, 0.4) is 0 Å². The van der Waals surface area contributed by atoms with Crippen molar-refractivity contribution in [1.82, 2.24) is 9.80 Å². The van der Waals surface area contributed by atoms with Crippen molar-refractivity contribution in [2.24, 2.45) is 5.92 Å². The maximum atomic E-state index is 13.6. The highest BCUT2D eigenvalue weighted by Crippen LogP contribution is 2.33. The molecule has 184 valence electrons. The zero-order valence-corrected chi connectivity index (χ0v) is 20.6. The van der Waals surface area contributed by atoms with E-state index in [1.165, 1.54) is 12.1 Å². The fourth-order valence-electron chi connectivity index (χ4n) is 4.94. The highest BCUT2D eigenvalue weighted by Gasteiger charge is 2.34. The third kappa shape index (κ3) is 6.40. The number of amides is 1. The summed E-state index contributed by atoms with van der Waals surface area (Å²) >= 11 is 0. The summed E-state index contributed by atoms with van der Waals surface area (Å²) in [6, 6.07) is 22.6. The molecule has 0 spiro atoms. The van der Waals surface area contributed by atoms with Crippen molar-refractivity contribution in [3.8, 4) is 11.5 Å². The van der Waals surface area contributed by atoms with Crippen LogP contribution in [0.5, 0.6) is 11.5 Å². The Labute approximate surface area is 207 Å². The van der Waals surface area contributed by atoms with Gasteiger partial charge in [-0.25, -0.2) is 4.39 Å². The summed E-state index contributed by atoms with van der Waals surface area (Å²) < 4.78 is 24.5. The van der Waals surface area contributed by atoms with Gasteiger partial charge in [0.05, 0.1) is 20.1 Å². The van der Waals surface area contributed by atoms with Crippen molar-refractivity contribution in [3.05, 3.63) is 95.3 Å². The van der Waals surface area contributed by atoms with E-state index in [1.54, 1.807) is 14.2 Å². The number of nitrogens with zero attached hydrogens (tertiary/aromatic N) is 2. The van der Waals surface area contributed by atoms with E-state index < -0.39 is 0 Å². The summed E-state index contributed by atoms with van der Waals surface area (Å²) in [5.74, 6) is 1.34. The molecule has 4 rings (SSSR count). The number of halogens is 1. The lowest BCUT2D eigenvalue weighted by Gasteiger charge is -2.39. The Morgan fingerprint density at radius 2 is 1.60 bits per heavy atom. The zero-order chi connectivity index (χ0) is 24.8. The largest absolute Gasteiger partial charge is 0.497 e. The van der Waals surface area contributed by atoms with Crippen LogP contribution in [-0.2, 0) is 17.9 Å². The first-order chi connectivity index (χ1) is 16.9. The quantitative estimate of drug-likeness (QED) is 0.453. The van der Waals surface area contributed by atoms with Crippen molar-refractivity contribution < 1.29 is 18.7 Å². The Morgan fingerprint density at radius 3 is 2.23 bits per heavy atom. The first kappa shape index (κ1) is 24.7. The van der Waals surface area contributed by atoms with Crippen molar-refractivity contribution in [3.63, 3.8) is 0 Å². The summed E-state index contributed by atoms with van der Waals surface area (Å²) in [5.41, 5.74) is 3.22. The van der Waals surface area contributed by atoms with E-state index in [1.807, 2.05) is 72.6 Å². The number of hydrogen-bond acceptors (Lipinski definition) is 4. The summed E-state index contributed by atoms with van der Waals surface area (Å²) in [6.45, 7) is 2.69. The second-order valence-corrected chi connectivity index (χ2v) is 9.28. The maximum absolute atomic E-state index is 13.6. The molecule has 1 aliphatic heterocycles. The van der Waals surface area contributed by atoms with E-state index in [9.17, 15) is 9.18 Å². The predicted octanol–water partition coefficient (Wildman–Crippen LogP) is 5.11. The van der Waals surface area contributed by atoms with E-state index in [0.29, 0.717) is 19.6 Å². The molecule has 3 aromatic rings. The molecule has 2 atom stereocenters. The van der Waals surface area contributed by atoms with Crippen molar-refractivity contribution in [1.29, 1.82) is 0 Å². The third-order valence-electron chi connectivity index (χ3n) is 6.67. The SMILES string of the molecule is COc1cc(CN2CC(C(=O)N(C)Cc3ccccc3)CC(c3ccc(F)cc3)C2)cc(OC)c1. The van der Waals surface area contributed by atoms with Crippen LogP contribution < -0.4 is 9.47 Å². The zero-order valence-electron chi connectivity index (χ0n) is 20.6. The number of hydrogen-bond donors (Lipinski definition) is 0. The van der Waals surface area contributed by atoms with Gasteiger partial charge in [0.2, 0.25) is 5.91 Å². The van der Waals surface area contributed by atoms with E-state index >= 15 is 0 Å². The lowest BCUT2D eigenvalue weighted by atomic mass is 9.83. The molecular weight excluding hydrogens is 443 g/mol. The van der Waals surface area contributed by atoms with Crippen LogP contribution in [0.4, 0.5) is 4.39 Å². The highest BCUT2D eigenvalue weighted by molar-refractivity contribution is 5.79. The number of carbonyl (C=O) groups is 1. The Kier molecular flexibility index (Phi) is 8.03. The Balaban J connectivity index is 1.55. The van der Waals surface area contributed by atoms with Gasteiger partial charge in [0.25, 0.3) is 0 Å². The van der Waals surface area contributed by atoms with Crippen LogP contribution >= 0.6 is 0 Å². The molecule has 35 heavy (non-hydrogen) atoms. The second kappa shape index (κ2) is 11.4. The number of benzene rings is 3. The predicted molar refractivity (Wildman–Crippen MR) is 135 cm³/mol. The highest BCUT2D eigenvalue weighted by atomic mass is 19.1. The van der Waals surface area contributed by atoms with Gasteiger partial charge in [-0.1, -0.05) is 42.5 Å². The average molecular weight is 477 g/mol. The van der Waals surface area contributed by atoms with Gasteiger partial charge in [-0.3, -0.25) is 9.69 Å². The molecule has 1 amide bonds. The Bertz CT molecular complexity index is 1100. The number of likely N-dealkylation sites (tertiary alicyclic amines) is 1. The van der Waals surface area contributed by atoms with Gasteiger partial charge in [0, 0.05) is 39.3 Å². The number of piperidine rings is 1. The molecule has 0 aromatic heterocycles. The molecule has 3 aromatic carbocycles.